The second-order valence-electron chi connectivity index (χ2n) is 3.54. The van der Waals surface area contributed by atoms with Crippen molar-refractivity contribution < 1.29 is 4.42 Å². The minimum atomic E-state index is 0.714. The van der Waals surface area contributed by atoms with E-state index in [1.165, 1.54) is 5.56 Å². The molecule has 0 N–H and O–H groups in total. The van der Waals surface area contributed by atoms with Gasteiger partial charge in [0.15, 0.2) is 0 Å². The molecule has 0 saturated carbocycles. The lowest BCUT2D eigenvalue weighted by Crippen LogP contribution is -1.93. The molecule has 1 heterocycles. The van der Waals surface area contributed by atoms with Crippen molar-refractivity contribution in [2.45, 2.75) is 34.1 Å². The van der Waals surface area contributed by atoms with E-state index in [0.717, 1.165) is 17.9 Å². The highest BCUT2D eigenvalue weighted by Gasteiger charge is 2.05. The number of rotatable bonds is 2. The van der Waals surface area contributed by atoms with Crippen molar-refractivity contribution in [3.8, 4) is 0 Å². The largest absolute Gasteiger partial charge is 0.466 e. The summed E-state index contributed by atoms with van der Waals surface area (Å²) in [5.41, 5.74) is 1.36. The van der Waals surface area contributed by atoms with E-state index in [1.807, 2.05) is 13.8 Å². The van der Waals surface area contributed by atoms with Crippen LogP contribution in [0.2, 0.25) is 0 Å². The van der Waals surface area contributed by atoms with Gasteiger partial charge in [-0.2, -0.15) is 0 Å². The van der Waals surface area contributed by atoms with Crippen molar-refractivity contribution in [1.82, 2.24) is 0 Å². The van der Waals surface area contributed by atoms with Gasteiger partial charge in [0, 0.05) is 0 Å². The average Bonchev–Trinajstić information content (AvgIpc) is 2.09. The molecular weight excluding hydrogens is 136 g/mol. The molecule has 0 unspecified atom stereocenters. The summed E-state index contributed by atoms with van der Waals surface area (Å²) in [4.78, 5) is 0. The standard InChI is InChI=1S/C10H16O/c1-7(2)5-10-6-8(3)11-9(10)4/h6-7H,5H2,1-4H3. The number of hydrogen-bond donors (Lipinski definition) is 0. The van der Waals surface area contributed by atoms with Crippen LogP contribution in [-0.4, -0.2) is 0 Å². The maximum Gasteiger partial charge on any atom is 0.104 e. The molecule has 1 nitrogen and oxygen atoms in total. The molecule has 0 bridgehead atoms. The zero-order chi connectivity index (χ0) is 8.43. The van der Waals surface area contributed by atoms with Gasteiger partial charge in [-0.1, -0.05) is 13.8 Å². The Balaban J connectivity index is 2.77. The minimum absolute atomic E-state index is 0.714. The zero-order valence-electron chi connectivity index (χ0n) is 7.77. The van der Waals surface area contributed by atoms with Crippen LogP contribution in [0.5, 0.6) is 0 Å². The van der Waals surface area contributed by atoms with Crippen LogP contribution in [0.3, 0.4) is 0 Å². The van der Waals surface area contributed by atoms with Crippen LogP contribution in [0.25, 0.3) is 0 Å². The number of aryl methyl sites for hydroxylation is 2. The maximum absolute atomic E-state index is 5.42. The fourth-order valence-corrected chi connectivity index (χ4v) is 1.33. The first-order valence-electron chi connectivity index (χ1n) is 4.15. The number of furan rings is 1. The number of hydrogen-bond acceptors (Lipinski definition) is 1. The van der Waals surface area contributed by atoms with E-state index in [4.69, 9.17) is 4.42 Å². The first-order chi connectivity index (χ1) is 5.09. The van der Waals surface area contributed by atoms with Crippen LogP contribution in [0.15, 0.2) is 10.5 Å². The molecule has 11 heavy (non-hydrogen) atoms. The summed E-state index contributed by atoms with van der Waals surface area (Å²) in [5, 5.41) is 0. The van der Waals surface area contributed by atoms with Gasteiger partial charge in [-0.25, -0.2) is 0 Å². The van der Waals surface area contributed by atoms with E-state index in [0.29, 0.717) is 5.92 Å². The molecule has 0 amide bonds. The van der Waals surface area contributed by atoms with Gasteiger partial charge in [0.2, 0.25) is 0 Å². The predicted octanol–water partition coefficient (Wildman–Crippen LogP) is 3.09. The second kappa shape index (κ2) is 3.12. The van der Waals surface area contributed by atoms with Crippen molar-refractivity contribution in [1.29, 1.82) is 0 Å². The first kappa shape index (κ1) is 8.38. The van der Waals surface area contributed by atoms with Gasteiger partial charge in [0.1, 0.15) is 11.5 Å². The summed E-state index contributed by atoms with van der Waals surface area (Å²) in [5.74, 6) is 2.82. The zero-order valence-corrected chi connectivity index (χ0v) is 7.77. The Kier molecular flexibility index (Phi) is 2.38. The van der Waals surface area contributed by atoms with Crippen molar-refractivity contribution in [2.75, 3.05) is 0 Å². The molecule has 0 fully saturated rings. The molecule has 1 rings (SSSR count). The molecule has 0 radical (unpaired) electrons. The molecule has 0 atom stereocenters. The Hall–Kier alpha value is -0.720. The fourth-order valence-electron chi connectivity index (χ4n) is 1.33. The van der Waals surface area contributed by atoms with Crippen LogP contribution in [0, 0.1) is 19.8 Å². The topological polar surface area (TPSA) is 13.1 Å². The van der Waals surface area contributed by atoms with Gasteiger partial charge in [0.25, 0.3) is 0 Å². The highest BCUT2D eigenvalue weighted by atomic mass is 16.3. The van der Waals surface area contributed by atoms with Gasteiger partial charge in [-0.15, -0.1) is 0 Å². The van der Waals surface area contributed by atoms with Crippen molar-refractivity contribution in [2.24, 2.45) is 5.92 Å². The van der Waals surface area contributed by atoms with E-state index in [9.17, 15) is 0 Å². The molecule has 1 aromatic rings. The molecule has 1 heteroatoms. The van der Waals surface area contributed by atoms with Crippen LogP contribution < -0.4 is 0 Å². The Bertz CT molecular complexity index is 233. The molecule has 0 aromatic carbocycles. The summed E-state index contributed by atoms with van der Waals surface area (Å²) in [6.07, 6.45) is 1.13. The van der Waals surface area contributed by atoms with E-state index >= 15 is 0 Å². The molecular formula is C10H16O. The first-order valence-corrected chi connectivity index (χ1v) is 4.15. The van der Waals surface area contributed by atoms with Crippen LogP contribution in [-0.2, 0) is 6.42 Å². The minimum Gasteiger partial charge on any atom is -0.466 e. The Morgan fingerprint density at radius 1 is 1.36 bits per heavy atom. The van der Waals surface area contributed by atoms with E-state index < -0.39 is 0 Å². The van der Waals surface area contributed by atoms with E-state index in [1.54, 1.807) is 0 Å². The Labute approximate surface area is 68.4 Å². The van der Waals surface area contributed by atoms with Crippen molar-refractivity contribution in [3.05, 3.63) is 23.2 Å². The van der Waals surface area contributed by atoms with Crippen LogP contribution in [0.1, 0.15) is 30.9 Å². The summed E-state index contributed by atoms with van der Waals surface area (Å²) in [7, 11) is 0. The molecule has 1 aromatic heterocycles. The third-order valence-corrected chi connectivity index (χ3v) is 1.77. The quantitative estimate of drug-likeness (QED) is 0.634. The second-order valence-corrected chi connectivity index (χ2v) is 3.54. The van der Waals surface area contributed by atoms with Gasteiger partial charge in [-0.3, -0.25) is 0 Å². The summed E-state index contributed by atoms with van der Waals surface area (Å²) < 4.78 is 5.42. The van der Waals surface area contributed by atoms with Crippen LogP contribution in [0.4, 0.5) is 0 Å². The molecule has 0 aliphatic carbocycles. The molecule has 0 aliphatic heterocycles. The van der Waals surface area contributed by atoms with Crippen molar-refractivity contribution in [3.63, 3.8) is 0 Å². The van der Waals surface area contributed by atoms with Gasteiger partial charge < -0.3 is 4.42 Å². The maximum atomic E-state index is 5.42. The van der Waals surface area contributed by atoms with Gasteiger partial charge >= 0.3 is 0 Å². The lowest BCUT2D eigenvalue weighted by atomic mass is 10.0. The van der Waals surface area contributed by atoms with Crippen LogP contribution >= 0.6 is 0 Å². The van der Waals surface area contributed by atoms with Gasteiger partial charge in [0.05, 0.1) is 0 Å². The SMILES string of the molecule is Cc1cc(CC(C)C)c(C)o1. The molecule has 0 aliphatic rings. The fraction of sp³-hybridized carbons (Fsp3) is 0.600. The smallest absolute Gasteiger partial charge is 0.104 e. The third kappa shape index (κ3) is 2.11. The highest BCUT2D eigenvalue weighted by Crippen LogP contribution is 2.17. The monoisotopic (exact) mass is 152 g/mol. The summed E-state index contributed by atoms with van der Waals surface area (Å²) in [6, 6.07) is 2.13. The normalized spacial score (nSPS) is 11.0. The highest BCUT2D eigenvalue weighted by molar-refractivity contribution is 5.20. The molecule has 0 saturated heterocycles. The van der Waals surface area contributed by atoms with E-state index in [2.05, 4.69) is 19.9 Å². The average molecular weight is 152 g/mol. The summed E-state index contributed by atoms with van der Waals surface area (Å²) in [6.45, 7) is 8.48. The van der Waals surface area contributed by atoms with E-state index in [-0.39, 0.29) is 0 Å². The Morgan fingerprint density at radius 2 is 2.00 bits per heavy atom. The third-order valence-electron chi connectivity index (χ3n) is 1.77. The predicted molar refractivity (Wildman–Crippen MR) is 46.7 cm³/mol. The Morgan fingerprint density at radius 3 is 2.36 bits per heavy atom. The summed E-state index contributed by atoms with van der Waals surface area (Å²) >= 11 is 0. The van der Waals surface area contributed by atoms with Gasteiger partial charge in [-0.05, 0) is 37.8 Å². The lowest BCUT2D eigenvalue weighted by Gasteiger charge is -2.00. The lowest BCUT2D eigenvalue weighted by molar-refractivity contribution is 0.497. The van der Waals surface area contributed by atoms with Crippen molar-refractivity contribution >= 4 is 0 Å². The molecule has 62 valence electrons. The molecule has 0 spiro atoms.